The standard InChI is InChI=1S/C22H27NO5/c1-25-18-7-5-6-15(22(18)28-4)8-9-21(24)23-11-10-16-12-19(26-2)20(27-3)13-17(16)14-23/h5-7,12-13H,8-11,14H2,1-4H3. The Hall–Kier alpha value is -2.89. The molecule has 0 unspecified atom stereocenters. The normalized spacial score (nSPS) is 12.9. The predicted molar refractivity (Wildman–Crippen MR) is 107 cm³/mol. The molecule has 1 heterocycles. The second kappa shape index (κ2) is 8.87. The van der Waals surface area contributed by atoms with Crippen LogP contribution in [0.15, 0.2) is 30.3 Å². The summed E-state index contributed by atoms with van der Waals surface area (Å²) in [5.74, 6) is 2.92. The van der Waals surface area contributed by atoms with Crippen LogP contribution in [0, 0.1) is 0 Å². The van der Waals surface area contributed by atoms with Crippen LogP contribution in [0.4, 0.5) is 0 Å². The Labute approximate surface area is 166 Å². The average Bonchev–Trinajstić information content (AvgIpc) is 2.75. The molecular formula is C22H27NO5. The number of carbonyl (C=O) groups excluding carboxylic acids is 1. The highest BCUT2D eigenvalue weighted by atomic mass is 16.5. The lowest BCUT2D eigenvalue weighted by atomic mass is 9.98. The molecule has 0 saturated carbocycles. The third kappa shape index (κ3) is 4.01. The minimum Gasteiger partial charge on any atom is -0.493 e. The van der Waals surface area contributed by atoms with Gasteiger partial charge < -0.3 is 23.8 Å². The molecule has 0 spiro atoms. The van der Waals surface area contributed by atoms with E-state index in [1.165, 1.54) is 5.56 Å². The van der Waals surface area contributed by atoms with E-state index in [4.69, 9.17) is 18.9 Å². The number of nitrogens with zero attached hydrogens (tertiary/aromatic N) is 1. The highest BCUT2D eigenvalue weighted by Crippen LogP contribution is 2.34. The van der Waals surface area contributed by atoms with Crippen molar-refractivity contribution in [3.8, 4) is 23.0 Å². The Balaban J connectivity index is 1.69. The van der Waals surface area contributed by atoms with Crippen LogP contribution in [-0.4, -0.2) is 45.8 Å². The van der Waals surface area contributed by atoms with Crippen molar-refractivity contribution in [3.63, 3.8) is 0 Å². The van der Waals surface area contributed by atoms with E-state index in [0.717, 1.165) is 23.3 Å². The number of methoxy groups -OCH3 is 4. The molecule has 0 N–H and O–H groups in total. The summed E-state index contributed by atoms with van der Waals surface area (Å²) < 4.78 is 21.6. The number of aryl methyl sites for hydroxylation is 1. The summed E-state index contributed by atoms with van der Waals surface area (Å²) in [5.41, 5.74) is 3.28. The zero-order valence-corrected chi connectivity index (χ0v) is 16.9. The molecule has 0 saturated heterocycles. The second-order valence-electron chi connectivity index (χ2n) is 6.69. The molecule has 0 bridgehead atoms. The van der Waals surface area contributed by atoms with Crippen molar-refractivity contribution in [2.24, 2.45) is 0 Å². The lowest BCUT2D eigenvalue weighted by Gasteiger charge is -2.30. The first kappa shape index (κ1) is 19.9. The van der Waals surface area contributed by atoms with Crippen molar-refractivity contribution in [1.29, 1.82) is 0 Å². The van der Waals surface area contributed by atoms with Crippen LogP contribution in [0.2, 0.25) is 0 Å². The molecular weight excluding hydrogens is 358 g/mol. The maximum atomic E-state index is 12.8. The van der Waals surface area contributed by atoms with E-state index in [9.17, 15) is 4.79 Å². The molecule has 0 atom stereocenters. The maximum absolute atomic E-state index is 12.8. The molecule has 2 aromatic carbocycles. The summed E-state index contributed by atoms with van der Waals surface area (Å²) in [6.07, 6.45) is 1.84. The van der Waals surface area contributed by atoms with Crippen LogP contribution in [0.25, 0.3) is 0 Å². The summed E-state index contributed by atoms with van der Waals surface area (Å²) in [4.78, 5) is 14.7. The fourth-order valence-electron chi connectivity index (χ4n) is 3.65. The molecule has 2 aromatic rings. The van der Waals surface area contributed by atoms with Gasteiger partial charge in [-0.1, -0.05) is 12.1 Å². The molecule has 0 fully saturated rings. The van der Waals surface area contributed by atoms with Crippen LogP contribution in [0.3, 0.4) is 0 Å². The van der Waals surface area contributed by atoms with Gasteiger partial charge in [-0.15, -0.1) is 0 Å². The van der Waals surface area contributed by atoms with Gasteiger partial charge in [0.1, 0.15) is 0 Å². The Kier molecular flexibility index (Phi) is 6.29. The van der Waals surface area contributed by atoms with Gasteiger partial charge in [-0.25, -0.2) is 0 Å². The number of fused-ring (bicyclic) bond motifs is 1. The SMILES string of the molecule is COc1cc2c(cc1OC)CN(C(=O)CCc1cccc(OC)c1OC)CC2. The van der Waals surface area contributed by atoms with Gasteiger partial charge in [-0.3, -0.25) is 4.79 Å². The number of hydrogen-bond donors (Lipinski definition) is 0. The molecule has 0 radical (unpaired) electrons. The summed E-state index contributed by atoms with van der Waals surface area (Å²) in [7, 11) is 6.49. The van der Waals surface area contributed by atoms with Crippen molar-refractivity contribution in [3.05, 3.63) is 47.0 Å². The third-order valence-electron chi connectivity index (χ3n) is 5.16. The van der Waals surface area contributed by atoms with Gasteiger partial charge in [-0.05, 0) is 47.7 Å². The lowest BCUT2D eigenvalue weighted by Crippen LogP contribution is -2.36. The molecule has 3 rings (SSSR count). The average molecular weight is 385 g/mol. The fourth-order valence-corrected chi connectivity index (χ4v) is 3.65. The van der Waals surface area contributed by atoms with Crippen LogP contribution >= 0.6 is 0 Å². The summed E-state index contributed by atoms with van der Waals surface area (Å²) in [5, 5.41) is 0. The smallest absolute Gasteiger partial charge is 0.223 e. The summed E-state index contributed by atoms with van der Waals surface area (Å²) in [6, 6.07) is 9.72. The third-order valence-corrected chi connectivity index (χ3v) is 5.16. The van der Waals surface area contributed by atoms with Gasteiger partial charge in [0, 0.05) is 19.5 Å². The van der Waals surface area contributed by atoms with Crippen LogP contribution in [0.1, 0.15) is 23.1 Å². The van der Waals surface area contributed by atoms with Crippen molar-refractivity contribution in [2.45, 2.75) is 25.8 Å². The molecule has 6 heteroatoms. The first-order valence-electron chi connectivity index (χ1n) is 9.32. The zero-order chi connectivity index (χ0) is 20.1. The predicted octanol–water partition coefficient (Wildman–Crippen LogP) is 3.24. The molecule has 1 aliphatic rings. The first-order valence-corrected chi connectivity index (χ1v) is 9.32. The zero-order valence-electron chi connectivity index (χ0n) is 16.9. The second-order valence-corrected chi connectivity index (χ2v) is 6.69. The highest BCUT2D eigenvalue weighted by Gasteiger charge is 2.23. The van der Waals surface area contributed by atoms with Gasteiger partial charge in [-0.2, -0.15) is 0 Å². The van der Waals surface area contributed by atoms with Crippen molar-refractivity contribution < 1.29 is 23.7 Å². The monoisotopic (exact) mass is 385 g/mol. The van der Waals surface area contributed by atoms with Gasteiger partial charge >= 0.3 is 0 Å². The number of ether oxygens (including phenoxy) is 4. The van der Waals surface area contributed by atoms with Gasteiger partial charge in [0.15, 0.2) is 23.0 Å². The van der Waals surface area contributed by atoms with E-state index in [2.05, 4.69) is 0 Å². The number of para-hydroxylation sites is 1. The van der Waals surface area contributed by atoms with Gasteiger partial charge in [0.25, 0.3) is 0 Å². The molecule has 1 amide bonds. The number of hydrogen-bond acceptors (Lipinski definition) is 5. The van der Waals surface area contributed by atoms with Crippen LogP contribution in [0.5, 0.6) is 23.0 Å². The van der Waals surface area contributed by atoms with E-state index in [1.807, 2.05) is 35.2 Å². The van der Waals surface area contributed by atoms with Crippen molar-refractivity contribution >= 4 is 5.91 Å². The topological polar surface area (TPSA) is 57.2 Å². The Morgan fingerprint density at radius 1 is 0.929 bits per heavy atom. The van der Waals surface area contributed by atoms with Crippen molar-refractivity contribution in [1.82, 2.24) is 4.90 Å². The Morgan fingerprint density at radius 3 is 2.25 bits per heavy atom. The first-order chi connectivity index (χ1) is 13.6. The number of benzene rings is 2. The Bertz CT molecular complexity index is 849. The van der Waals surface area contributed by atoms with Crippen LogP contribution in [-0.2, 0) is 24.2 Å². The van der Waals surface area contributed by atoms with Crippen molar-refractivity contribution in [2.75, 3.05) is 35.0 Å². The van der Waals surface area contributed by atoms with Crippen LogP contribution < -0.4 is 18.9 Å². The summed E-state index contributed by atoms with van der Waals surface area (Å²) >= 11 is 0. The maximum Gasteiger partial charge on any atom is 0.223 e. The largest absolute Gasteiger partial charge is 0.493 e. The van der Waals surface area contributed by atoms with Gasteiger partial charge in [0.05, 0.1) is 28.4 Å². The number of rotatable bonds is 7. The molecule has 6 nitrogen and oxygen atoms in total. The minimum atomic E-state index is 0.130. The van der Waals surface area contributed by atoms with E-state index in [1.54, 1.807) is 28.4 Å². The van der Waals surface area contributed by atoms with E-state index in [-0.39, 0.29) is 5.91 Å². The highest BCUT2D eigenvalue weighted by molar-refractivity contribution is 5.77. The lowest BCUT2D eigenvalue weighted by molar-refractivity contribution is -0.132. The molecule has 1 aliphatic heterocycles. The summed E-state index contributed by atoms with van der Waals surface area (Å²) in [6.45, 7) is 1.29. The van der Waals surface area contributed by atoms with Gasteiger partial charge in [0.2, 0.25) is 5.91 Å². The van der Waals surface area contributed by atoms with E-state index >= 15 is 0 Å². The fraction of sp³-hybridized carbons (Fsp3) is 0.409. The van der Waals surface area contributed by atoms with E-state index < -0.39 is 0 Å². The molecule has 0 aromatic heterocycles. The number of amides is 1. The molecule has 28 heavy (non-hydrogen) atoms. The minimum absolute atomic E-state index is 0.130. The quantitative estimate of drug-likeness (QED) is 0.732. The Morgan fingerprint density at radius 2 is 1.61 bits per heavy atom. The molecule has 0 aliphatic carbocycles. The number of carbonyl (C=O) groups is 1. The van der Waals surface area contributed by atoms with E-state index in [0.29, 0.717) is 43.2 Å². The molecule has 150 valence electrons.